The summed E-state index contributed by atoms with van der Waals surface area (Å²) in [5, 5.41) is 0.655. The lowest BCUT2D eigenvalue weighted by molar-refractivity contribution is -0.132. The van der Waals surface area contributed by atoms with Crippen LogP contribution in [0.2, 0.25) is 0 Å². The van der Waals surface area contributed by atoms with Gasteiger partial charge in [-0.05, 0) is 44.1 Å². The van der Waals surface area contributed by atoms with E-state index in [4.69, 9.17) is 6.57 Å². The summed E-state index contributed by atoms with van der Waals surface area (Å²) in [5.41, 5.74) is 1.97. The number of pyridine rings is 1. The Labute approximate surface area is 157 Å². The molecule has 1 saturated heterocycles. The lowest BCUT2D eigenvalue weighted by Crippen LogP contribution is -2.35. The summed E-state index contributed by atoms with van der Waals surface area (Å²) < 4.78 is 0. The zero-order valence-electron chi connectivity index (χ0n) is 14.8. The lowest BCUT2D eigenvalue weighted by Gasteiger charge is -2.26. The third-order valence-electron chi connectivity index (χ3n) is 4.45. The van der Waals surface area contributed by atoms with Gasteiger partial charge in [-0.15, -0.1) is 11.8 Å². The van der Waals surface area contributed by atoms with E-state index >= 15 is 0 Å². The molecule has 6 nitrogen and oxygen atoms in total. The molecule has 1 aliphatic rings. The minimum absolute atomic E-state index is 0.149. The number of piperidine rings is 1. The van der Waals surface area contributed by atoms with E-state index in [0.717, 1.165) is 31.5 Å². The van der Waals surface area contributed by atoms with Crippen molar-refractivity contribution in [3.63, 3.8) is 0 Å². The summed E-state index contributed by atoms with van der Waals surface area (Å²) in [7, 11) is 0. The Morgan fingerprint density at radius 1 is 1.23 bits per heavy atom. The van der Waals surface area contributed by atoms with Crippen LogP contribution in [-0.4, -0.2) is 45.1 Å². The Kier molecular flexibility index (Phi) is 6.18. The van der Waals surface area contributed by atoms with Crippen LogP contribution in [0, 0.1) is 6.57 Å². The predicted molar refractivity (Wildman–Crippen MR) is 102 cm³/mol. The Morgan fingerprint density at radius 3 is 2.62 bits per heavy atom. The SMILES string of the molecule is [C-]#[N+]c1c(CCC(=O)N2CCCCC2)nc(-c2ccncc2)nc1SC. The summed E-state index contributed by atoms with van der Waals surface area (Å²) in [4.78, 5) is 31.2. The van der Waals surface area contributed by atoms with Crippen LogP contribution in [-0.2, 0) is 11.2 Å². The topological polar surface area (TPSA) is 63.3 Å². The van der Waals surface area contributed by atoms with Gasteiger partial charge in [0.15, 0.2) is 5.82 Å². The maximum Gasteiger partial charge on any atom is 0.239 e. The van der Waals surface area contributed by atoms with Gasteiger partial charge in [-0.1, -0.05) is 0 Å². The number of amides is 1. The highest BCUT2D eigenvalue weighted by atomic mass is 32.2. The highest BCUT2D eigenvalue weighted by molar-refractivity contribution is 7.98. The fourth-order valence-electron chi connectivity index (χ4n) is 3.06. The molecule has 134 valence electrons. The summed E-state index contributed by atoms with van der Waals surface area (Å²) >= 11 is 1.43. The average Bonchev–Trinajstić information content (AvgIpc) is 2.72. The zero-order valence-corrected chi connectivity index (χ0v) is 15.6. The number of rotatable bonds is 5. The van der Waals surface area contributed by atoms with Crippen molar-refractivity contribution in [3.8, 4) is 11.4 Å². The summed E-state index contributed by atoms with van der Waals surface area (Å²) in [6, 6.07) is 3.69. The van der Waals surface area contributed by atoms with Crippen LogP contribution in [0.4, 0.5) is 5.69 Å². The molecule has 1 fully saturated rings. The molecule has 26 heavy (non-hydrogen) atoms. The number of hydrogen-bond acceptors (Lipinski definition) is 5. The number of aromatic nitrogens is 3. The van der Waals surface area contributed by atoms with Gasteiger partial charge in [0, 0.05) is 37.5 Å². The van der Waals surface area contributed by atoms with Crippen molar-refractivity contribution in [2.45, 2.75) is 37.1 Å². The highest BCUT2D eigenvalue weighted by Crippen LogP contribution is 2.32. The van der Waals surface area contributed by atoms with Crippen LogP contribution in [0.3, 0.4) is 0 Å². The van der Waals surface area contributed by atoms with Crippen molar-refractivity contribution in [2.24, 2.45) is 0 Å². The summed E-state index contributed by atoms with van der Waals surface area (Å²) in [6.07, 6.45) is 9.48. The molecule has 0 aromatic carbocycles. The van der Waals surface area contributed by atoms with E-state index in [9.17, 15) is 4.79 Å². The van der Waals surface area contributed by atoms with Gasteiger partial charge < -0.3 is 4.90 Å². The molecule has 0 N–H and O–H groups in total. The van der Waals surface area contributed by atoms with E-state index in [-0.39, 0.29) is 5.91 Å². The van der Waals surface area contributed by atoms with E-state index in [0.29, 0.717) is 35.1 Å². The number of aryl methyl sites for hydroxylation is 1. The number of thioether (sulfide) groups is 1. The number of hydrogen-bond donors (Lipinski definition) is 0. The second kappa shape index (κ2) is 8.77. The van der Waals surface area contributed by atoms with Gasteiger partial charge in [0.1, 0.15) is 5.03 Å². The molecule has 0 bridgehead atoms. The Morgan fingerprint density at radius 2 is 1.96 bits per heavy atom. The molecule has 2 aromatic rings. The lowest BCUT2D eigenvalue weighted by atomic mass is 10.1. The van der Waals surface area contributed by atoms with Crippen LogP contribution in [0.15, 0.2) is 29.6 Å². The van der Waals surface area contributed by atoms with Gasteiger partial charge in [0.2, 0.25) is 11.6 Å². The van der Waals surface area contributed by atoms with Crippen molar-refractivity contribution < 1.29 is 4.79 Å². The van der Waals surface area contributed by atoms with Gasteiger partial charge in [-0.2, -0.15) is 0 Å². The average molecular weight is 367 g/mol. The van der Waals surface area contributed by atoms with E-state index in [2.05, 4.69) is 19.8 Å². The second-order valence-corrected chi connectivity index (χ2v) is 6.94. The van der Waals surface area contributed by atoms with Gasteiger partial charge in [0.25, 0.3) is 0 Å². The monoisotopic (exact) mass is 367 g/mol. The molecule has 2 aromatic heterocycles. The third kappa shape index (κ3) is 4.20. The molecule has 0 spiro atoms. The molecule has 0 unspecified atom stereocenters. The van der Waals surface area contributed by atoms with E-state index < -0.39 is 0 Å². The molecule has 0 atom stereocenters. The predicted octanol–water partition coefficient (Wildman–Crippen LogP) is 3.76. The first-order chi connectivity index (χ1) is 12.7. The van der Waals surface area contributed by atoms with E-state index in [1.54, 1.807) is 12.4 Å². The summed E-state index contributed by atoms with van der Waals surface area (Å²) in [6.45, 7) is 9.20. The van der Waals surface area contributed by atoms with E-state index in [1.165, 1.54) is 18.2 Å². The number of carbonyl (C=O) groups is 1. The third-order valence-corrected chi connectivity index (χ3v) is 5.12. The minimum atomic E-state index is 0.149. The number of likely N-dealkylation sites (tertiary alicyclic amines) is 1. The first-order valence-corrected chi connectivity index (χ1v) is 9.96. The first-order valence-electron chi connectivity index (χ1n) is 8.73. The van der Waals surface area contributed by atoms with Crippen LogP contribution < -0.4 is 0 Å². The normalized spacial score (nSPS) is 14.1. The largest absolute Gasteiger partial charge is 0.343 e. The van der Waals surface area contributed by atoms with Crippen molar-refractivity contribution >= 4 is 23.4 Å². The molecule has 7 heteroatoms. The Bertz CT molecular complexity index is 813. The fourth-order valence-corrected chi connectivity index (χ4v) is 3.60. The molecular formula is C19H21N5OS. The van der Waals surface area contributed by atoms with E-state index in [1.807, 2.05) is 23.3 Å². The van der Waals surface area contributed by atoms with Crippen molar-refractivity contribution in [2.75, 3.05) is 19.3 Å². The standard InChI is InChI=1S/C19H21N5OS/c1-20-17-15(6-7-16(25)24-12-4-3-5-13-24)22-18(23-19(17)26-2)14-8-10-21-11-9-14/h8-11H,3-7,12-13H2,2H3. The first kappa shape index (κ1) is 18.3. The van der Waals surface area contributed by atoms with Crippen molar-refractivity contribution in [3.05, 3.63) is 41.6 Å². The van der Waals surface area contributed by atoms with Gasteiger partial charge in [-0.25, -0.2) is 14.8 Å². The fraction of sp³-hybridized carbons (Fsp3) is 0.421. The maximum absolute atomic E-state index is 12.5. The van der Waals surface area contributed by atoms with Gasteiger partial charge in [0.05, 0.1) is 12.3 Å². The molecule has 1 aliphatic heterocycles. The van der Waals surface area contributed by atoms with Crippen LogP contribution in [0.25, 0.3) is 16.2 Å². The molecule has 3 heterocycles. The van der Waals surface area contributed by atoms with Crippen molar-refractivity contribution in [1.82, 2.24) is 19.9 Å². The summed E-state index contributed by atoms with van der Waals surface area (Å²) in [5.74, 6) is 0.722. The highest BCUT2D eigenvalue weighted by Gasteiger charge is 2.19. The van der Waals surface area contributed by atoms with Crippen molar-refractivity contribution in [1.29, 1.82) is 0 Å². The number of nitrogens with zero attached hydrogens (tertiary/aromatic N) is 5. The Balaban J connectivity index is 1.84. The van der Waals surface area contributed by atoms with Gasteiger partial charge in [-0.3, -0.25) is 9.78 Å². The smallest absolute Gasteiger partial charge is 0.239 e. The Hall–Kier alpha value is -2.46. The molecule has 1 amide bonds. The quantitative estimate of drug-likeness (QED) is 0.457. The molecule has 0 saturated carbocycles. The second-order valence-electron chi connectivity index (χ2n) is 6.14. The molecule has 3 rings (SSSR count). The van der Waals surface area contributed by atoms with Gasteiger partial charge >= 0.3 is 0 Å². The maximum atomic E-state index is 12.5. The van der Waals surface area contributed by atoms with Crippen LogP contribution >= 0.6 is 11.8 Å². The molecular weight excluding hydrogens is 346 g/mol. The van der Waals surface area contributed by atoms with Crippen LogP contribution in [0.1, 0.15) is 31.4 Å². The number of carbonyl (C=O) groups excluding carboxylic acids is 1. The minimum Gasteiger partial charge on any atom is -0.343 e. The zero-order chi connectivity index (χ0) is 18.4. The molecule has 0 aliphatic carbocycles. The van der Waals surface area contributed by atoms with Crippen LogP contribution in [0.5, 0.6) is 0 Å². The molecule has 0 radical (unpaired) electrons.